The highest BCUT2D eigenvalue weighted by Gasteiger charge is 2.54. The second-order valence-corrected chi connectivity index (χ2v) is 12.3. The van der Waals surface area contributed by atoms with Crippen LogP contribution in [0.25, 0.3) is 0 Å². The Labute approximate surface area is 261 Å². The van der Waals surface area contributed by atoms with E-state index in [4.69, 9.17) is 62.8 Å². The van der Waals surface area contributed by atoms with Crippen molar-refractivity contribution in [3.63, 3.8) is 0 Å². The molecule has 3 heterocycles. The van der Waals surface area contributed by atoms with E-state index in [1.54, 1.807) is 0 Å². The van der Waals surface area contributed by atoms with E-state index in [-0.39, 0.29) is 38.7 Å². The van der Waals surface area contributed by atoms with Gasteiger partial charge in [0, 0.05) is 38.3 Å². The molecule has 0 aromatic carbocycles. The zero-order valence-corrected chi connectivity index (χ0v) is 25.1. The number of hydrogen-bond donors (Lipinski definition) is 13. The first-order valence-corrected chi connectivity index (χ1v) is 15.5. The smallest absolute Gasteiger partial charge is 0.187 e. The van der Waals surface area contributed by atoms with Gasteiger partial charge in [0.2, 0.25) is 0 Å². The van der Waals surface area contributed by atoms with Crippen molar-refractivity contribution in [1.82, 2.24) is 5.32 Å². The Morgan fingerprint density at radius 2 is 1.38 bits per heavy atom. The molecule has 19 nitrogen and oxygen atoms in total. The zero-order chi connectivity index (χ0) is 33.0. The van der Waals surface area contributed by atoms with E-state index in [0.29, 0.717) is 12.8 Å². The molecule has 1 unspecified atom stereocenters. The monoisotopic (exact) mass is 655 g/mol. The van der Waals surface area contributed by atoms with Crippen molar-refractivity contribution in [2.24, 2.45) is 34.4 Å². The summed E-state index contributed by atoms with van der Waals surface area (Å²) in [6.07, 6.45) is -14.8. The second kappa shape index (κ2) is 16.6. The van der Waals surface area contributed by atoms with Crippen LogP contribution >= 0.6 is 0 Å². The first-order valence-electron chi connectivity index (χ1n) is 15.5. The summed E-state index contributed by atoms with van der Waals surface area (Å²) in [5.41, 5.74) is 35.8. The van der Waals surface area contributed by atoms with Crippen molar-refractivity contribution in [3.8, 4) is 0 Å². The van der Waals surface area contributed by atoms with Gasteiger partial charge in [-0.1, -0.05) is 0 Å². The lowest BCUT2D eigenvalue weighted by Crippen LogP contribution is -2.66. The molecule has 1 aliphatic carbocycles. The average molecular weight is 656 g/mol. The van der Waals surface area contributed by atoms with Crippen LogP contribution in [-0.4, -0.2) is 174 Å². The lowest BCUT2D eigenvalue weighted by Gasteiger charge is -2.47. The fourth-order valence-corrected chi connectivity index (χ4v) is 6.19. The molecule has 3 saturated heterocycles. The molecule has 4 aliphatic rings. The minimum Gasteiger partial charge on any atom is -0.394 e. The molecule has 4 fully saturated rings. The van der Waals surface area contributed by atoms with Crippen molar-refractivity contribution in [3.05, 3.63) is 0 Å². The molecule has 0 aromatic heterocycles. The third-order valence-corrected chi connectivity index (χ3v) is 8.99. The fraction of sp³-hybridized carbons (Fsp3) is 1.00. The Kier molecular flexibility index (Phi) is 13.6. The van der Waals surface area contributed by atoms with Crippen molar-refractivity contribution < 1.29 is 59.1 Å². The number of rotatable bonds is 13. The summed E-state index contributed by atoms with van der Waals surface area (Å²) in [5.74, 6) is 0. The number of nitrogens with two attached hydrogens (primary N) is 6. The minimum atomic E-state index is -1.57. The van der Waals surface area contributed by atoms with Crippen LogP contribution in [0.1, 0.15) is 19.3 Å². The minimum absolute atomic E-state index is 0.00479. The number of hydrogen-bond acceptors (Lipinski definition) is 19. The average Bonchev–Trinajstić information content (AvgIpc) is 3.33. The predicted octanol–water partition coefficient (Wildman–Crippen LogP) is -7.89. The van der Waals surface area contributed by atoms with Gasteiger partial charge >= 0.3 is 0 Å². The van der Waals surface area contributed by atoms with Crippen molar-refractivity contribution in [1.29, 1.82) is 0 Å². The maximum absolute atomic E-state index is 11.5. The van der Waals surface area contributed by atoms with Crippen LogP contribution in [0, 0.1) is 0 Å². The molecule has 4 rings (SSSR count). The number of ether oxygens (including phenoxy) is 6. The molecule has 0 aromatic rings. The highest BCUT2D eigenvalue weighted by molar-refractivity contribution is 5.02. The quantitative estimate of drug-likeness (QED) is 0.0875. The predicted molar refractivity (Wildman–Crippen MR) is 154 cm³/mol. The van der Waals surface area contributed by atoms with Crippen LogP contribution < -0.4 is 39.7 Å². The van der Waals surface area contributed by atoms with Crippen molar-refractivity contribution in [2.75, 3.05) is 32.8 Å². The van der Waals surface area contributed by atoms with Crippen LogP contribution in [-0.2, 0) is 28.4 Å². The summed E-state index contributed by atoms with van der Waals surface area (Å²) in [4.78, 5) is 0. The van der Waals surface area contributed by atoms with Crippen LogP contribution in [0.4, 0.5) is 0 Å². The van der Waals surface area contributed by atoms with Crippen molar-refractivity contribution in [2.45, 2.75) is 129 Å². The lowest BCUT2D eigenvalue weighted by atomic mass is 9.83. The Bertz CT molecular complexity index is 903. The summed E-state index contributed by atoms with van der Waals surface area (Å²) in [5, 5.41) is 66.4. The molecule has 3 aliphatic heterocycles. The summed E-state index contributed by atoms with van der Waals surface area (Å²) in [6, 6.07) is -3.16. The Hall–Kier alpha value is -0.760. The van der Waals surface area contributed by atoms with E-state index in [0.717, 1.165) is 0 Å². The summed E-state index contributed by atoms with van der Waals surface area (Å²) in [6.45, 7) is -0.454. The number of aliphatic hydroxyl groups excluding tert-OH is 6. The van der Waals surface area contributed by atoms with Crippen LogP contribution in [0.2, 0.25) is 0 Å². The maximum atomic E-state index is 11.5. The van der Waals surface area contributed by atoms with Gasteiger partial charge < -0.3 is 98.8 Å². The zero-order valence-electron chi connectivity index (χ0n) is 25.1. The third-order valence-electron chi connectivity index (χ3n) is 8.99. The standard InChI is InChI=1S/C26H53N7O12/c27-4-9(35)7-33-13-3-12(31)21(43-24-11(30)2-1-10(5-28)40-24)23(17(13)36)45-26-20(39)22(15(8-34)42-26)44-25-16(32)19(38)18(37)14(6-29)41-25/h9-26,33-39H,1-8,27-32H2/t9?,10-,11+,12-,13+,14-,15+,16+,17-,18+,19+,20+,21+,22+,23+,24+,25+,26-/m0/s1. The topological polar surface area (TPSA) is 345 Å². The first kappa shape index (κ1) is 37.1. The molecule has 19 heteroatoms. The molecule has 45 heavy (non-hydrogen) atoms. The molecule has 0 radical (unpaired) electrons. The van der Waals surface area contributed by atoms with Crippen molar-refractivity contribution >= 4 is 0 Å². The molecular weight excluding hydrogens is 602 g/mol. The van der Waals surface area contributed by atoms with Gasteiger partial charge in [0.15, 0.2) is 18.9 Å². The van der Waals surface area contributed by atoms with Crippen LogP contribution in [0.15, 0.2) is 0 Å². The summed E-state index contributed by atoms with van der Waals surface area (Å²) in [7, 11) is 0. The van der Waals surface area contributed by atoms with E-state index < -0.39 is 111 Å². The van der Waals surface area contributed by atoms with E-state index in [1.807, 2.05) is 0 Å². The third kappa shape index (κ3) is 8.46. The van der Waals surface area contributed by atoms with E-state index >= 15 is 0 Å². The summed E-state index contributed by atoms with van der Waals surface area (Å²) < 4.78 is 35.7. The second-order valence-electron chi connectivity index (χ2n) is 12.3. The number of nitrogens with one attached hydrogen (secondary N) is 1. The van der Waals surface area contributed by atoms with E-state index in [2.05, 4.69) is 5.32 Å². The maximum Gasteiger partial charge on any atom is 0.187 e. The van der Waals surface area contributed by atoms with Gasteiger partial charge in [-0.05, 0) is 19.3 Å². The van der Waals surface area contributed by atoms with Gasteiger partial charge in [0.25, 0.3) is 0 Å². The highest BCUT2D eigenvalue weighted by Crippen LogP contribution is 2.34. The molecule has 0 bridgehead atoms. The molecule has 19 N–H and O–H groups in total. The largest absolute Gasteiger partial charge is 0.394 e. The fourth-order valence-electron chi connectivity index (χ4n) is 6.19. The van der Waals surface area contributed by atoms with Gasteiger partial charge in [-0.15, -0.1) is 0 Å². The van der Waals surface area contributed by atoms with Crippen LogP contribution in [0.3, 0.4) is 0 Å². The summed E-state index contributed by atoms with van der Waals surface area (Å²) >= 11 is 0. The molecular formula is C26H53N7O12. The molecule has 0 amide bonds. The normalized spacial score (nSPS) is 48.4. The first-order chi connectivity index (χ1) is 21.4. The molecule has 1 saturated carbocycles. The number of aliphatic hydroxyl groups is 6. The SMILES string of the molecule is NCC(O)CN[C@@H]1C[C@H](N)[C@@H](O[C@H]2O[C@H](CN)CC[C@H]2N)[C@H](O[C@@H]2O[C@H](CO)[C@@H](O[C@H]3O[C@@H](CN)[C@@H](O)[C@H](O)[C@H]3N)[C@H]2O)[C@H]1O. The molecule has 264 valence electrons. The van der Waals surface area contributed by atoms with E-state index in [9.17, 15) is 30.6 Å². The van der Waals surface area contributed by atoms with Gasteiger partial charge in [0.1, 0.15) is 48.8 Å². The Morgan fingerprint density at radius 1 is 0.711 bits per heavy atom. The lowest BCUT2D eigenvalue weighted by molar-refractivity contribution is -0.289. The Balaban J connectivity index is 1.52. The Morgan fingerprint density at radius 3 is 2.02 bits per heavy atom. The molecule has 0 spiro atoms. The van der Waals surface area contributed by atoms with Gasteiger partial charge in [-0.25, -0.2) is 0 Å². The van der Waals surface area contributed by atoms with Gasteiger partial charge in [0.05, 0.1) is 37.0 Å². The van der Waals surface area contributed by atoms with E-state index in [1.165, 1.54) is 0 Å². The van der Waals surface area contributed by atoms with Crippen LogP contribution in [0.5, 0.6) is 0 Å². The van der Waals surface area contributed by atoms with Gasteiger partial charge in [-0.3, -0.25) is 0 Å². The highest BCUT2D eigenvalue weighted by atomic mass is 16.8. The molecule has 18 atom stereocenters. The van der Waals surface area contributed by atoms with Gasteiger partial charge in [-0.2, -0.15) is 0 Å².